The predicted octanol–water partition coefficient (Wildman–Crippen LogP) is 1.71. The van der Waals surface area contributed by atoms with Crippen molar-refractivity contribution in [2.75, 3.05) is 13.6 Å². The molecule has 0 spiro atoms. The third-order valence-corrected chi connectivity index (χ3v) is 5.03. The Morgan fingerprint density at radius 2 is 2.00 bits per heavy atom. The molecule has 0 aliphatic carbocycles. The summed E-state index contributed by atoms with van der Waals surface area (Å²) in [5, 5.41) is 0. The highest BCUT2D eigenvalue weighted by Crippen LogP contribution is 2.36. The maximum atomic E-state index is 12.1. The third kappa shape index (κ3) is 2.30. The lowest BCUT2D eigenvalue weighted by Gasteiger charge is -2.38. The first-order valence-corrected chi connectivity index (χ1v) is 7.69. The van der Waals surface area contributed by atoms with Gasteiger partial charge < -0.3 is 0 Å². The van der Waals surface area contributed by atoms with Gasteiger partial charge >= 0.3 is 0 Å². The molecule has 100 valence electrons. The van der Waals surface area contributed by atoms with Gasteiger partial charge in [-0.05, 0) is 23.5 Å². The lowest BCUT2D eigenvalue weighted by atomic mass is 9.88. The molecular formula is C13H20N2O2S. The summed E-state index contributed by atoms with van der Waals surface area (Å²) in [7, 11) is -1.91. The summed E-state index contributed by atoms with van der Waals surface area (Å²) in [4.78, 5) is 0. The largest absolute Gasteiger partial charge is 0.279 e. The first-order chi connectivity index (χ1) is 8.47. The van der Waals surface area contributed by atoms with Gasteiger partial charge in [-0.1, -0.05) is 38.1 Å². The van der Waals surface area contributed by atoms with Gasteiger partial charge in [0.25, 0.3) is 10.2 Å². The molecule has 0 aromatic heterocycles. The van der Waals surface area contributed by atoms with Crippen LogP contribution in [-0.4, -0.2) is 26.3 Å². The quantitative estimate of drug-likeness (QED) is 0.907. The van der Waals surface area contributed by atoms with Gasteiger partial charge in [0, 0.05) is 13.6 Å². The van der Waals surface area contributed by atoms with Crippen molar-refractivity contribution in [3.8, 4) is 0 Å². The fourth-order valence-corrected chi connectivity index (χ4v) is 3.88. The monoisotopic (exact) mass is 268 g/mol. The van der Waals surface area contributed by atoms with E-state index in [2.05, 4.69) is 24.6 Å². The Kier molecular flexibility index (Phi) is 3.75. The number of nitrogens with zero attached hydrogens (tertiary/aromatic N) is 1. The zero-order valence-electron chi connectivity index (χ0n) is 11.1. The lowest BCUT2D eigenvalue weighted by Crippen LogP contribution is -2.46. The van der Waals surface area contributed by atoms with Crippen molar-refractivity contribution in [2.24, 2.45) is 5.92 Å². The minimum atomic E-state index is -3.37. The van der Waals surface area contributed by atoms with Gasteiger partial charge in [-0.2, -0.15) is 12.7 Å². The number of benzene rings is 1. The fourth-order valence-electron chi connectivity index (χ4n) is 2.65. The van der Waals surface area contributed by atoms with Crippen LogP contribution in [0.2, 0.25) is 0 Å². The number of hydrogen-bond donors (Lipinski definition) is 1. The molecule has 1 aromatic carbocycles. The van der Waals surface area contributed by atoms with Gasteiger partial charge in [0.15, 0.2) is 0 Å². The van der Waals surface area contributed by atoms with E-state index in [1.54, 1.807) is 4.31 Å². The van der Waals surface area contributed by atoms with Crippen LogP contribution >= 0.6 is 0 Å². The van der Waals surface area contributed by atoms with E-state index in [-0.39, 0.29) is 12.0 Å². The SMILES string of the molecule is CNS(=O)(=O)N1CCc2ccccc2C1C(C)C. The molecule has 0 fully saturated rings. The van der Waals surface area contributed by atoms with Gasteiger partial charge in [-0.3, -0.25) is 0 Å². The molecule has 0 amide bonds. The normalized spacial score (nSPS) is 21.0. The Labute approximate surface area is 109 Å². The summed E-state index contributed by atoms with van der Waals surface area (Å²) < 4.78 is 28.2. The maximum absolute atomic E-state index is 12.1. The Morgan fingerprint density at radius 3 is 2.61 bits per heavy atom. The molecule has 0 saturated heterocycles. The summed E-state index contributed by atoms with van der Waals surface area (Å²) in [5.41, 5.74) is 2.40. The van der Waals surface area contributed by atoms with Crippen LogP contribution in [0.25, 0.3) is 0 Å². The number of fused-ring (bicyclic) bond motifs is 1. The van der Waals surface area contributed by atoms with Crippen molar-refractivity contribution in [3.05, 3.63) is 35.4 Å². The molecule has 1 aliphatic rings. The van der Waals surface area contributed by atoms with E-state index in [0.717, 1.165) is 12.0 Å². The smallest absolute Gasteiger partial charge is 0.205 e. The highest BCUT2D eigenvalue weighted by Gasteiger charge is 2.36. The minimum Gasteiger partial charge on any atom is -0.205 e. The summed E-state index contributed by atoms with van der Waals surface area (Å²) in [5.74, 6) is 0.245. The summed E-state index contributed by atoms with van der Waals surface area (Å²) in [6, 6.07) is 8.04. The van der Waals surface area contributed by atoms with Crippen LogP contribution in [0.3, 0.4) is 0 Å². The van der Waals surface area contributed by atoms with Crippen molar-refractivity contribution in [2.45, 2.75) is 26.3 Å². The maximum Gasteiger partial charge on any atom is 0.279 e. The Balaban J connectivity index is 2.49. The van der Waals surface area contributed by atoms with Crippen molar-refractivity contribution in [1.82, 2.24) is 9.03 Å². The molecule has 2 rings (SSSR count). The molecule has 1 atom stereocenters. The average molecular weight is 268 g/mol. The standard InChI is InChI=1S/C13H20N2O2S/c1-10(2)13-12-7-5-4-6-11(12)8-9-15(13)18(16,17)14-3/h4-7,10,13-14H,8-9H2,1-3H3. The van der Waals surface area contributed by atoms with Crippen LogP contribution in [0.15, 0.2) is 24.3 Å². The van der Waals surface area contributed by atoms with Gasteiger partial charge in [0.05, 0.1) is 6.04 Å². The van der Waals surface area contributed by atoms with Crippen molar-refractivity contribution >= 4 is 10.2 Å². The molecule has 1 unspecified atom stereocenters. The van der Waals surface area contributed by atoms with Crippen LogP contribution in [-0.2, 0) is 16.6 Å². The number of nitrogens with one attached hydrogen (secondary N) is 1. The molecule has 1 heterocycles. The van der Waals surface area contributed by atoms with Crippen LogP contribution in [0.5, 0.6) is 0 Å². The molecule has 0 radical (unpaired) electrons. The van der Waals surface area contributed by atoms with E-state index in [1.165, 1.54) is 12.6 Å². The predicted molar refractivity (Wildman–Crippen MR) is 72.4 cm³/mol. The zero-order chi connectivity index (χ0) is 13.3. The van der Waals surface area contributed by atoms with Crippen molar-refractivity contribution < 1.29 is 8.42 Å². The fraction of sp³-hybridized carbons (Fsp3) is 0.538. The molecule has 18 heavy (non-hydrogen) atoms. The molecular weight excluding hydrogens is 248 g/mol. The summed E-state index contributed by atoms with van der Waals surface area (Å²) >= 11 is 0. The topological polar surface area (TPSA) is 49.4 Å². The van der Waals surface area contributed by atoms with Gasteiger partial charge in [0.1, 0.15) is 0 Å². The first-order valence-electron chi connectivity index (χ1n) is 6.25. The second kappa shape index (κ2) is 4.99. The van der Waals surface area contributed by atoms with Crippen LogP contribution in [0.4, 0.5) is 0 Å². The zero-order valence-corrected chi connectivity index (χ0v) is 11.9. The summed E-state index contributed by atoms with van der Waals surface area (Å²) in [6.07, 6.45) is 0.778. The molecule has 0 bridgehead atoms. The molecule has 0 saturated carbocycles. The van der Waals surface area contributed by atoms with E-state index in [1.807, 2.05) is 18.2 Å². The van der Waals surface area contributed by atoms with Crippen LogP contribution < -0.4 is 4.72 Å². The number of hydrogen-bond acceptors (Lipinski definition) is 2. The number of rotatable bonds is 3. The van der Waals surface area contributed by atoms with E-state index < -0.39 is 10.2 Å². The minimum absolute atomic E-state index is 0.0765. The molecule has 1 aromatic rings. The van der Waals surface area contributed by atoms with E-state index in [0.29, 0.717) is 6.54 Å². The van der Waals surface area contributed by atoms with Gasteiger partial charge in [-0.25, -0.2) is 4.72 Å². The third-order valence-electron chi connectivity index (χ3n) is 3.48. The molecule has 4 nitrogen and oxygen atoms in total. The van der Waals surface area contributed by atoms with Crippen molar-refractivity contribution in [3.63, 3.8) is 0 Å². The Bertz CT molecular complexity index is 526. The molecule has 5 heteroatoms. The second-order valence-electron chi connectivity index (χ2n) is 4.96. The molecule has 1 N–H and O–H groups in total. The van der Waals surface area contributed by atoms with Crippen LogP contribution in [0.1, 0.15) is 31.0 Å². The second-order valence-corrected chi connectivity index (χ2v) is 6.78. The van der Waals surface area contributed by atoms with Crippen molar-refractivity contribution in [1.29, 1.82) is 0 Å². The Hall–Kier alpha value is -0.910. The highest BCUT2D eigenvalue weighted by atomic mass is 32.2. The van der Waals surface area contributed by atoms with E-state index in [4.69, 9.17) is 0 Å². The van der Waals surface area contributed by atoms with Gasteiger partial charge in [0.2, 0.25) is 0 Å². The van der Waals surface area contributed by atoms with Gasteiger partial charge in [-0.15, -0.1) is 0 Å². The first kappa shape index (κ1) is 13.5. The van der Waals surface area contributed by atoms with E-state index in [9.17, 15) is 8.42 Å². The molecule has 1 aliphatic heterocycles. The summed E-state index contributed by atoms with van der Waals surface area (Å²) in [6.45, 7) is 4.67. The lowest BCUT2D eigenvalue weighted by molar-refractivity contribution is 0.246. The highest BCUT2D eigenvalue weighted by molar-refractivity contribution is 7.87. The van der Waals surface area contributed by atoms with E-state index >= 15 is 0 Å². The Morgan fingerprint density at radius 1 is 1.33 bits per heavy atom. The average Bonchev–Trinajstić information content (AvgIpc) is 2.37. The van der Waals surface area contributed by atoms with Crippen LogP contribution in [0, 0.1) is 5.92 Å².